The van der Waals surface area contributed by atoms with Gasteiger partial charge in [0.05, 0.1) is 5.25 Å². The molecule has 0 aliphatic carbocycles. The second-order valence-corrected chi connectivity index (χ2v) is 6.75. The Morgan fingerprint density at radius 1 is 1.37 bits per heavy atom. The zero-order valence-corrected chi connectivity index (χ0v) is 12.4. The van der Waals surface area contributed by atoms with E-state index in [9.17, 15) is 8.42 Å². The van der Waals surface area contributed by atoms with Crippen molar-refractivity contribution in [3.63, 3.8) is 0 Å². The van der Waals surface area contributed by atoms with Crippen molar-refractivity contribution < 1.29 is 8.42 Å². The minimum absolute atomic E-state index is 0.409. The third-order valence-electron chi connectivity index (χ3n) is 2.83. The van der Waals surface area contributed by atoms with Gasteiger partial charge in [0.15, 0.2) is 0 Å². The van der Waals surface area contributed by atoms with Gasteiger partial charge < -0.3 is 5.32 Å². The molecule has 1 unspecified atom stereocenters. The Hall–Kier alpha value is -0.980. The Bertz CT molecular complexity index is 448. The third kappa shape index (κ3) is 6.13. The summed E-state index contributed by atoms with van der Waals surface area (Å²) in [6, 6.07) is 3.79. The number of hydrogen-bond donors (Lipinski definition) is 2. The zero-order chi connectivity index (χ0) is 14.1. The molecular formula is C13H23N3O2S. The van der Waals surface area contributed by atoms with Gasteiger partial charge in [-0.25, -0.2) is 13.1 Å². The molecule has 0 radical (unpaired) electrons. The van der Waals surface area contributed by atoms with E-state index in [2.05, 4.69) is 21.9 Å². The fourth-order valence-corrected chi connectivity index (χ4v) is 2.63. The van der Waals surface area contributed by atoms with Crippen molar-refractivity contribution in [2.75, 3.05) is 19.6 Å². The molecule has 1 heterocycles. The maximum absolute atomic E-state index is 11.9. The van der Waals surface area contributed by atoms with Crippen LogP contribution in [0, 0.1) is 0 Å². The summed E-state index contributed by atoms with van der Waals surface area (Å²) >= 11 is 0. The molecule has 2 N–H and O–H groups in total. The summed E-state index contributed by atoms with van der Waals surface area (Å²) in [5.74, 6) is 0. The Morgan fingerprint density at radius 3 is 2.79 bits per heavy atom. The quantitative estimate of drug-likeness (QED) is 0.662. The molecule has 0 saturated heterocycles. The van der Waals surface area contributed by atoms with E-state index >= 15 is 0 Å². The number of sulfonamides is 1. The van der Waals surface area contributed by atoms with Gasteiger partial charge in [-0.2, -0.15) is 0 Å². The molecule has 1 aromatic rings. The molecule has 108 valence electrons. The summed E-state index contributed by atoms with van der Waals surface area (Å²) < 4.78 is 26.5. The maximum atomic E-state index is 11.9. The van der Waals surface area contributed by atoms with Crippen LogP contribution in [0.3, 0.4) is 0 Å². The lowest BCUT2D eigenvalue weighted by atomic mass is 10.2. The summed E-state index contributed by atoms with van der Waals surface area (Å²) in [6.45, 7) is 5.51. The average molecular weight is 285 g/mol. The highest BCUT2D eigenvalue weighted by Crippen LogP contribution is 1.99. The molecule has 1 aromatic heterocycles. The van der Waals surface area contributed by atoms with E-state index in [0.717, 1.165) is 18.5 Å². The molecule has 0 fully saturated rings. The van der Waals surface area contributed by atoms with Gasteiger partial charge in [-0.15, -0.1) is 0 Å². The van der Waals surface area contributed by atoms with E-state index in [1.807, 2.05) is 12.1 Å². The lowest BCUT2D eigenvalue weighted by Crippen LogP contribution is -2.39. The van der Waals surface area contributed by atoms with E-state index in [-0.39, 0.29) is 0 Å². The minimum Gasteiger partial charge on any atom is -0.315 e. The first-order valence-electron chi connectivity index (χ1n) is 6.64. The van der Waals surface area contributed by atoms with Gasteiger partial charge >= 0.3 is 0 Å². The van der Waals surface area contributed by atoms with Gasteiger partial charge in [0.2, 0.25) is 10.0 Å². The molecule has 1 rings (SSSR count). The highest BCUT2D eigenvalue weighted by atomic mass is 32.2. The molecule has 0 saturated carbocycles. The fraction of sp³-hybridized carbons (Fsp3) is 0.615. The topological polar surface area (TPSA) is 71.1 Å². The smallest absolute Gasteiger partial charge is 0.215 e. The van der Waals surface area contributed by atoms with Crippen LogP contribution in [-0.2, 0) is 16.4 Å². The second-order valence-electron chi connectivity index (χ2n) is 4.57. The van der Waals surface area contributed by atoms with E-state index in [1.54, 1.807) is 19.3 Å². The van der Waals surface area contributed by atoms with Crippen molar-refractivity contribution in [3.8, 4) is 0 Å². The van der Waals surface area contributed by atoms with Gasteiger partial charge in [0.25, 0.3) is 0 Å². The van der Waals surface area contributed by atoms with Gasteiger partial charge in [0, 0.05) is 25.5 Å². The monoisotopic (exact) mass is 285 g/mol. The lowest BCUT2D eigenvalue weighted by molar-refractivity contribution is 0.557. The standard InChI is InChI=1S/C13H23N3O2S/c1-3-7-14-10-12(2)19(17,18)16-9-6-13-5-4-8-15-11-13/h4-5,8,11-12,14,16H,3,6-7,9-10H2,1-2H3. The van der Waals surface area contributed by atoms with Crippen molar-refractivity contribution in [1.82, 2.24) is 15.0 Å². The van der Waals surface area contributed by atoms with Crippen LogP contribution in [0.2, 0.25) is 0 Å². The van der Waals surface area contributed by atoms with Crippen LogP contribution in [0.25, 0.3) is 0 Å². The van der Waals surface area contributed by atoms with Gasteiger partial charge in [-0.05, 0) is 37.9 Å². The summed E-state index contributed by atoms with van der Waals surface area (Å²) in [7, 11) is -3.24. The van der Waals surface area contributed by atoms with Crippen molar-refractivity contribution in [2.45, 2.75) is 31.9 Å². The molecule has 0 amide bonds. The van der Waals surface area contributed by atoms with Crippen LogP contribution in [0.15, 0.2) is 24.5 Å². The minimum atomic E-state index is -3.24. The van der Waals surface area contributed by atoms with E-state index < -0.39 is 15.3 Å². The first-order valence-corrected chi connectivity index (χ1v) is 8.19. The molecule has 0 aliphatic rings. The Balaban J connectivity index is 2.34. The van der Waals surface area contributed by atoms with Crippen LogP contribution in [0.1, 0.15) is 25.8 Å². The molecular weight excluding hydrogens is 262 g/mol. The zero-order valence-electron chi connectivity index (χ0n) is 11.6. The van der Waals surface area contributed by atoms with E-state index in [4.69, 9.17) is 0 Å². The largest absolute Gasteiger partial charge is 0.315 e. The Morgan fingerprint density at radius 2 is 2.16 bits per heavy atom. The highest BCUT2D eigenvalue weighted by molar-refractivity contribution is 7.90. The summed E-state index contributed by atoms with van der Waals surface area (Å²) in [5, 5.41) is 2.70. The fourth-order valence-electron chi connectivity index (χ4n) is 1.62. The van der Waals surface area contributed by atoms with Crippen LogP contribution in [-0.4, -0.2) is 38.3 Å². The SMILES string of the molecule is CCCNCC(C)S(=O)(=O)NCCc1cccnc1. The van der Waals surface area contributed by atoms with Crippen molar-refractivity contribution in [3.05, 3.63) is 30.1 Å². The van der Waals surface area contributed by atoms with Gasteiger partial charge in [-0.3, -0.25) is 4.98 Å². The summed E-state index contributed by atoms with van der Waals surface area (Å²) in [4.78, 5) is 4.00. The van der Waals surface area contributed by atoms with E-state index in [1.165, 1.54) is 0 Å². The maximum Gasteiger partial charge on any atom is 0.215 e. The van der Waals surface area contributed by atoms with Crippen LogP contribution < -0.4 is 10.0 Å². The Labute approximate surface area is 115 Å². The predicted molar refractivity (Wildman–Crippen MR) is 77.5 cm³/mol. The van der Waals surface area contributed by atoms with E-state index in [0.29, 0.717) is 19.5 Å². The van der Waals surface area contributed by atoms with Crippen molar-refractivity contribution >= 4 is 10.0 Å². The summed E-state index contributed by atoms with van der Waals surface area (Å²) in [6.07, 6.45) is 5.11. The van der Waals surface area contributed by atoms with Gasteiger partial charge in [-0.1, -0.05) is 13.0 Å². The molecule has 0 aromatic carbocycles. The predicted octanol–water partition coefficient (Wildman–Crippen LogP) is 0.932. The number of rotatable bonds is 9. The number of nitrogens with one attached hydrogen (secondary N) is 2. The van der Waals surface area contributed by atoms with Crippen LogP contribution >= 0.6 is 0 Å². The first kappa shape index (κ1) is 16.1. The number of aromatic nitrogens is 1. The number of nitrogens with zero attached hydrogens (tertiary/aromatic N) is 1. The first-order chi connectivity index (χ1) is 9.06. The van der Waals surface area contributed by atoms with Gasteiger partial charge in [0.1, 0.15) is 0 Å². The molecule has 0 aliphatic heterocycles. The molecule has 1 atom stereocenters. The lowest BCUT2D eigenvalue weighted by Gasteiger charge is -2.14. The number of hydrogen-bond acceptors (Lipinski definition) is 4. The van der Waals surface area contributed by atoms with Crippen molar-refractivity contribution in [1.29, 1.82) is 0 Å². The summed E-state index contributed by atoms with van der Waals surface area (Å²) in [5.41, 5.74) is 1.03. The molecule has 0 spiro atoms. The Kier molecular flexibility index (Phi) is 6.97. The second kappa shape index (κ2) is 8.24. The van der Waals surface area contributed by atoms with Crippen molar-refractivity contribution in [2.24, 2.45) is 0 Å². The average Bonchev–Trinajstić information content (AvgIpc) is 2.40. The highest BCUT2D eigenvalue weighted by Gasteiger charge is 2.19. The molecule has 6 heteroatoms. The van der Waals surface area contributed by atoms with Crippen LogP contribution in [0.4, 0.5) is 0 Å². The number of pyridine rings is 1. The molecule has 5 nitrogen and oxygen atoms in total. The normalized spacial score (nSPS) is 13.4. The third-order valence-corrected chi connectivity index (χ3v) is 4.66. The molecule has 0 bridgehead atoms. The molecule has 19 heavy (non-hydrogen) atoms. The van der Waals surface area contributed by atoms with Crippen LogP contribution in [0.5, 0.6) is 0 Å².